The Hall–Kier alpha value is -2.39. The van der Waals surface area contributed by atoms with Gasteiger partial charge in [-0.05, 0) is 54.7 Å². The molecule has 2 amide bonds. The first kappa shape index (κ1) is 27.9. The van der Waals surface area contributed by atoms with Gasteiger partial charge in [0.2, 0.25) is 21.8 Å². The second-order valence-corrected chi connectivity index (χ2v) is 11.6. The number of aryl methyl sites for hydroxylation is 1. The van der Waals surface area contributed by atoms with Crippen molar-refractivity contribution in [3.8, 4) is 0 Å². The van der Waals surface area contributed by atoms with Crippen LogP contribution in [0.1, 0.15) is 38.8 Å². The fraction of sp³-hybridized carbons (Fsp3) is 0.440. The van der Waals surface area contributed by atoms with E-state index in [0.29, 0.717) is 12.2 Å². The van der Waals surface area contributed by atoms with E-state index in [2.05, 4.69) is 21.2 Å². The first-order chi connectivity index (χ1) is 15.9. The molecule has 2 rings (SSSR count). The number of hydrogen-bond donors (Lipinski definition) is 1. The molecule has 34 heavy (non-hydrogen) atoms. The molecule has 0 saturated heterocycles. The van der Waals surface area contributed by atoms with Crippen molar-refractivity contribution in [2.75, 3.05) is 23.7 Å². The topological polar surface area (TPSA) is 86.8 Å². The molecule has 0 fully saturated rings. The summed E-state index contributed by atoms with van der Waals surface area (Å²) in [6, 6.07) is 13.8. The average molecular weight is 553 g/mol. The summed E-state index contributed by atoms with van der Waals surface area (Å²) in [5, 5.41) is 2.87. The molecule has 0 saturated carbocycles. The Balaban J connectivity index is 2.34. The van der Waals surface area contributed by atoms with Crippen molar-refractivity contribution in [2.45, 2.75) is 46.7 Å². The maximum atomic E-state index is 13.5. The van der Waals surface area contributed by atoms with Crippen LogP contribution in [0.5, 0.6) is 0 Å². The molecule has 1 N–H and O–H groups in total. The predicted molar refractivity (Wildman–Crippen MR) is 140 cm³/mol. The molecule has 0 bridgehead atoms. The van der Waals surface area contributed by atoms with Crippen molar-refractivity contribution >= 4 is 43.5 Å². The number of nitrogens with zero attached hydrogens (tertiary/aromatic N) is 2. The van der Waals surface area contributed by atoms with Crippen LogP contribution in [0.3, 0.4) is 0 Å². The van der Waals surface area contributed by atoms with Crippen LogP contribution in [0.2, 0.25) is 0 Å². The van der Waals surface area contributed by atoms with Gasteiger partial charge in [-0.3, -0.25) is 13.9 Å². The number of sulfonamides is 1. The van der Waals surface area contributed by atoms with Crippen molar-refractivity contribution in [2.24, 2.45) is 5.92 Å². The molecule has 1 atom stereocenters. The normalized spacial score (nSPS) is 12.3. The molecular formula is C25H34BrN3O4S. The number of nitrogens with one attached hydrogen (secondary N) is 1. The fourth-order valence-electron chi connectivity index (χ4n) is 3.33. The van der Waals surface area contributed by atoms with Crippen LogP contribution >= 0.6 is 15.9 Å². The Labute approximate surface area is 211 Å². The molecule has 0 aliphatic heterocycles. The zero-order valence-electron chi connectivity index (χ0n) is 20.4. The summed E-state index contributed by atoms with van der Waals surface area (Å²) in [4.78, 5) is 27.7. The lowest BCUT2D eigenvalue weighted by Gasteiger charge is -2.31. The molecule has 0 unspecified atom stereocenters. The molecular weight excluding hydrogens is 518 g/mol. The standard InChI is InChI=1S/C25H34BrN3O4S/c1-6-20-9-13-23(14-10-20)29(34(5,32)33)17-24(30)28(16-21-7-11-22(26)12-8-21)19(4)25(31)27-15-18(2)3/h7-14,18-19H,6,15-17H2,1-5H3,(H,27,31)/t19-/m1/s1. The third kappa shape index (κ3) is 8.13. The summed E-state index contributed by atoms with van der Waals surface area (Å²) >= 11 is 3.40. The van der Waals surface area contributed by atoms with Gasteiger partial charge >= 0.3 is 0 Å². The zero-order chi connectivity index (χ0) is 25.5. The second kappa shape index (κ2) is 12.4. The Bertz CT molecular complexity index is 1070. The number of rotatable bonds is 11. The van der Waals surface area contributed by atoms with Gasteiger partial charge in [0, 0.05) is 17.6 Å². The number of halogens is 1. The van der Waals surface area contributed by atoms with E-state index < -0.39 is 28.5 Å². The Morgan fingerprint density at radius 2 is 1.53 bits per heavy atom. The number of anilines is 1. The van der Waals surface area contributed by atoms with E-state index in [-0.39, 0.29) is 18.4 Å². The Morgan fingerprint density at radius 3 is 2.03 bits per heavy atom. The highest BCUT2D eigenvalue weighted by Gasteiger charge is 2.30. The largest absolute Gasteiger partial charge is 0.354 e. The van der Waals surface area contributed by atoms with Gasteiger partial charge in [0.15, 0.2) is 0 Å². The second-order valence-electron chi connectivity index (χ2n) is 8.75. The molecule has 186 valence electrons. The minimum absolute atomic E-state index is 0.175. The van der Waals surface area contributed by atoms with Gasteiger partial charge in [0.25, 0.3) is 0 Å². The lowest BCUT2D eigenvalue weighted by Crippen LogP contribution is -2.51. The molecule has 2 aromatic rings. The van der Waals surface area contributed by atoms with Gasteiger partial charge < -0.3 is 10.2 Å². The first-order valence-corrected chi connectivity index (χ1v) is 13.9. The summed E-state index contributed by atoms with van der Waals surface area (Å²) in [6.07, 6.45) is 1.90. The third-order valence-electron chi connectivity index (χ3n) is 5.43. The van der Waals surface area contributed by atoms with Gasteiger partial charge in [-0.1, -0.05) is 61.0 Å². The maximum Gasteiger partial charge on any atom is 0.244 e. The fourth-order valence-corrected chi connectivity index (χ4v) is 4.45. The predicted octanol–water partition coefficient (Wildman–Crippen LogP) is 3.97. The average Bonchev–Trinajstić information content (AvgIpc) is 2.79. The van der Waals surface area contributed by atoms with E-state index in [1.54, 1.807) is 19.1 Å². The Kier molecular flexibility index (Phi) is 10.1. The lowest BCUT2D eigenvalue weighted by atomic mass is 10.1. The molecule has 0 aromatic heterocycles. The first-order valence-electron chi connectivity index (χ1n) is 11.3. The Morgan fingerprint density at radius 1 is 0.971 bits per heavy atom. The molecule has 9 heteroatoms. The molecule has 0 radical (unpaired) electrons. The molecule has 7 nitrogen and oxygen atoms in total. The minimum atomic E-state index is -3.73. The molecule has 0 heterocycles. The van der Waals surface area contributed by atoms with Crippen molar-refractivity contribution in [1.29, 1.82) is 0 Å². The highest BCUT2D eigenvalue weighted by molar-refractivity contribution is 9.10. The van der Waals surface area contributed by atoms with Crippen LogP contribution in [0, 0.1) is 5.92 Å². The van der Waals surface area contributed by atoms with E-state index in [0.717, 1.165) is 32.6 Å². The molecule has 2 aromatic carbocycles. The van der Waals surface area contributed by atoms with Crippen LogP contribution in [0.25, 0.3) is 0 Å². The van der Waals surface area contributed by atoms with Gasteiger partial charge in [0.1, 0.15) is 12.6 Å². The van der Waals surface area contributed by atoms with Gasteiger partial charge in [-0.15, -0.1) is 0 Å². The molecule has 0 spiro atoms. The third-order valence-corrected chi connectivity index (χ3v) is 7.10. The van der Waals surface area contributed by atoms with E-state index >= 15 is 0 Å². The van der Waals surface area contributed by atoms with Crippen LogP contribution in [0.4, 0.5) is 5.69 Å². The van der Waals surface area contributed by atoms with Crippen LogP contribution in [-0.4, -0.2) is 50.5 Å². The minimum Gasteiger partial charge on any atom is -0.354 e. The van der Waals surface area contributed by atoms with Crippen molar-refractivity contribution in [3.63, 3.8) is 0 Å². The summed E-state index contributed by atoms with van der Waals surface area (Å²) in [6.45, 7) is 7.92. The smallest absolute Gasteiger partial charge is 0.244 e. The van der Waals surface area contributed by atoms with Crippen LogP contribution in [-0.2, 0) is 32.6 Å². The van der Waals surface area contributed by atoms with Crippen molar-refractivity contribution < 1.29 is 18.0 Å². The number of benzene rings is 2. The highest BCUT2D eigenvalue weighted by Crippen LogP contribution is 2.20. The summed E-state index contributed by atoms with van der Waals surface area (Å²) in [7, 11) is -3.73. The summed E-state index contributed by atoms with van der Waals surface area (Å²) in [5.41, 5.74) is 2.31. The molecule has 0 aliphatic rings. The maximum absolute atomic E-state index is 13.5. The van der Waals surface area contributed by atoms with Crippen molar-refractivity contribution in [3.05, 3.63) is 64.1 Å². The SMILES string of the molecule is CCc1ccc(N(CC(=O)N(Cc2ccc(Br)cc2)[C@H](C)C(=O)NCC(C)C)S(C)(=O)=O)cc1. The van der Waals surface area contributed by atoms with E-state index in [9.17, 15) is 18.0 Å². The van der Waals surface area contributed by atoms with Crippen molar-refractivity contribution in [1.82, 2.24) is 10.2 Å². The van der Waals surface area contributed by atoms with Crippen LogP contribution < -0.4 is 9.62 Å². The van der Waals surface area contributed by atoms with E-state index in [1.165, 1.54) is 4.90 Å². The number of carbonyl (C=O) groups is 2. The lowest BCUT2D eigenvalue weighted by molar-refractivity contribution is -0.139. The monoisotopic (exact) mass is 551 g/mol. The number of carbonyl (C=O) groups excluding carboxylic acids is 2. The molecule has 0 aliphatic carbocycles. The zero-order valence-corrected chi connectivity index (χ0v) is 22.8. The van der Waals surface area contributed by atoms with E-state index in [4.69, 9.17) is 0 Å². The number of hydrogen-bond acceptors (Lipinski definition) is 4. The summed E-state index contributed by atoms with van der Waals surface area (Å²) in [5.74, 6) is -0.476. The van der Waals surface area contributed by atoms with Gasteiger partial charge in [-0.25, -0.2) is 8.42 Å². The van der Waals surface area contributed by atoms with E-state index in [1.807, 2.05) is 57.2 Å². The summed E-state index contributed by atoms with van der Waals surface area (Å²) < 4.78 is 27.2. The highest BCUT2D eigenvalue weighted by atomic mass is 79.9. The quantitative estimate of drug-likeness (QED) is 0.457. The van der Waals surface area contributed by atoms with Crippen LogP contribution in [0.15, 0.2) is 53.0 Å². The van der Waals surface area contributed by atoms with Gasteiger partial charge in [-0.2, -0.15) is 0 Å². The van der Waals surface area contributed by atoms with Gasteiger partial charge in [0.05, 0.1) is 11.9 Å². The number of amides is 2.